The lowest BCUT2D eigenvalue weighted by molar-refractivity contribution is 0.384. The monoisotopic (exact) mass is 322 g/mol. The van der Waals surface area contributed by atoms with Crippen LogP contribution in [0.3, 0.4) is 0 Å². The molecule has 0 aliphatic heterocycles. The second-order valence-corrected chi connectivity index (χ2v) is 5.46. The highest BCUT2D eigenvalue weighted by Crippen LogP contribution is 2.29. The lowest BCUT2D eigenvalue weighted by atomic mass is 10.0. The molecular formula is C16H16BrFO. The molecule has 0 amide bonds. The maximum atomic E-state index is 14.0. The lowest BCUT2D eigenvalue weighted by Gasteiger charge is -2.11. The fraction of sp³-hybridized carbons (Fsp3) is 0.250. The minimum absolute atomic E-state index is 0.235. The summed E-state index contributed by atoms with van der Waals surface area (Å²) in [6.45, 7) is 0. The molecule has 0 fully saturated rings. The number of methoxy groups -OCH3 is 1. The van der Waals surface area contributed by atoms with Crippen LogP contribution >= 0.6 is 15.9 Å². The van der Waals surface area contributed by atoms with Gasteiger partial charge in [0.1, 0.15) is 0 Å². The van der Waals surface area contributed by atoms with Crippen LogP contribution in [0, 0.1) is 5.82 Å². The molecule has 0 radical (unpaired) electrons. The Morgan fingerprint density at radius 2 is 1.84 bits per heavy atom. The van der Waals surface area contributed by atoms with Gasteiger partial charge >= 0.3 is 0 Å². The first-order valence-electron chi connectivity index (χ1n) is 6.22. The first kappa shape index (κ1) is 14.1. The van der Waals surface area contributed by atoms with Gasteiger partial charge in [-0.15, -0.1) is 0 Å². The van der Waals surface area contributed by atoms with Crippen LogP contribution in [0.25, 0.3) is 0 Å². The zero-order valence-corrected chi connectivity index (χ0v) is 12.4. The van der Waals surface area contributed by atoms with E-state index in [1.54, 1.807) is 6.07 Å². The van der Waals surface area contributed by atoms with Crippen LogP contribution in [-0.4, -0.2) is 7.11 Å². The molecule has 1 unspecified atom stereocenters. The lowest BCUT2D eigenvalue weighted by Crippen LogP contribution is -1.98. The highest BCUT2D eigenvalue weighted by Gasteiger charge is 2.11. The highest BCUT2D eigenvalue weighted by atomic mass is 79.9. The Morgan fingerprint density at radius 3 is 2.53 bits per heavy atom. The van der Waals surface area contributed by atoms with E-state index in [1.165, 1.54) is 12.7 Å². The molecular weight excluding hydrogens is 307 g/mol. The van der Waals surface area contributed by atoms with Crippen LogP contribution in [-0.2, 0) is 6.42 Å². The van der Waals surface area contributed by atoms with Gasteiger partial charge in [-0.3, -0.25) is 0 Å². The largest absolute Gasteiger partial charge is 0.494 e. The zero-order chi connectivity index (χ0) is 13.7. The normalized spacial score (nSPS) is 12.2. The summed E-state index contributed by atoms with van der Waals surface area (Å²) >= 11 is 3.65. The van der Waals surface area contributed by atoms with Crippen molar-refractivity contribution in [1.29, 1.82) is 0 Å². The van der Waals surface area contributed by atoms with Crippen LogP contribution < -0.4 is 4.74 Å². The maximum Gasteiger partial charge on any atom is 0.168 e. The average Bonchev–Trinajstić information content (AvgIpc) is 2.47. The van der Waals surface area contributed by atoms with E-state index in [2.05, 4.69) is 28.1 Å². The van der Waals surface area contributed by atoms with Gasteiger partial charge in [0.25, 0.3) is 0 Å². The average molecular weight is 323 g/mol. The molecule has 0 spiro atoms. The Bertz CT molecular complexity index is 528. The summed E-state index contributed by atoms with van der Waals surface area (Å²) in [5, 5.41) is 0. The summed E-state index contributed by atoms with van der Waals surface area (Å²) in [5.74, 6) is 0.0566. The number of hydrogen-bond acceptors (Lipinski definition) is 1. The van der Waals surface area contributed by atoms with Gasteiger partial charge in [0.05, 0.1) is 7.11 Å². The summed E-state index contributed by atoms with van der Waals surface area (Å²) in [5.41, 5.74) is 1.91. The first-order valence-corrected chi connectivity index (χ1v) is 7.14. The van der Waals surface area contributed by atoms with Crippen LogP contribution in [0.2, 0.25) is 0 Å². The van der Waals surface area contributed by atoms with Crippen molar-refractivity contribution in [2.24, 2.45) is 0 Å². The third kappa shape index (κ3) is 3.57. The van der Waals surface area contributed by atoms with Gasteiger partial charge in [-0.05, 0) is 30.0 Å². The summed E-state index contributed by atoms with van der Waals surface area (Å²) in [4.78, 5) is 0.235. The van der Waals surface area contributed by atoms with Crippen molar-refractivity contribution in [2.75, 3.05) is 7.11 Å². The molecule has 100 valence electrons. The van der Waals surface area contributed by atoms with E-state index >= 15 is 0 Å². The Hall–Kier alpha value is -1.35. The van der Waals surface area contributed by atoms with Crippen molar-refractivity contribution in [1.82, 2.24) is 0 Å². The minimum atomic E-state index is -0.252. The molecule has 2 aromatic rings. The molecule has 19 heavy (non-hydrogen) atoms. The van der Waals surface area contributed by atoms with Gasteiger partial charge in [0.2, 0.25) is 0 Å². The van der Waals surface area contributed by atoms with E-state index in [0.717, 1.165) is 6.42 Å². The molecule has 0 aliphatic rings. The molecule has 2 aromatic carbocycles. The third-order valence-corrected chi connectivity index (χ3v) is 4.08. The summed E-state index contributed by atoms with van der Waals surface area (Å²) < 4.78 is 19.0. The SMILES string of the molecule is COc1cccc(CCC(Br)c2ccccc2)c1F. The Labute approximate surface area is 121 Å². The number of rotatable bonds is 5. The number of hydrogen-bond donors (Lipinski definition) is 0. The second-order valence-electron chi connectivity index (χ2n) is 4.35. The maximum absolute atomic E-state index is 14.0. The minimum Gasteiger partial charge on any atom is -0.494 e. The smallest absolute Gasteiger partial charge is 0.168 e. The van der Waals surface area contributed by atoms with Gasteiger partial charge in [-0.25, -0.2) is 4.39 Å². The number of benzene rings is 2. The number of halogens is 2. The molecule has 2 rings (SSSR count). The Morgan fingerprint density at radius 1 is 1.11 bits per heavy atom. The van der Waals surface area contributed by atoms with E-state index in [1.807, 2.05) is 30.3 Å². The van der Waals surface area contributed by atoms with E-state index < -0.39 is 0 Å². The molecule has 3 heteroatoms. The van der Waals surface area contributed by atoms with Crippen LogP contribution in [0.5, 0.6) is 5.75 Å². The Kier molecular flexibility index (Phi) is 4.97. The van der Waals surface area contributed by atoms with Gasteiger partial charge in [0, 0.05) is 4.83 Å². The van der Waals surface area contributed by atoms with Crippen LogP contribution in [0.15, 0.2) is 48.5 Å². The molecule has 0 heterocycles. The molecule has 1 nitrogen and oxygen atoms in total. The molecule has 0 aromatic heterocycles. The summed E-state index contributed by atoms with van der Waals surface area (Å²) in [6.07, 6.45) is 1.52. The molecule has 1 atom stereocenters. The molecule has 0 bridgehead atoms. The number of alkyl halides is 1. The van der Waals surface area contributed by atoms with Gasteiger partial charge in [-0.1, -0.05) is 58.4 Å². The van der Waals surface area contributed by atoms with Crippen molar-refractivity contribution in [2.45, 2.75) is 17.7 Å². The molecule has 0 saturated heterocycles. The fourth-order valence-electron chi connectivity index (χ4n) is 2.02. The van der Waals surface area contributed by atoms with Crippen molar-refractivity contribution < 1.29 is 9.13 Å². The van der Waals surface area contributed by atoms with Crippen molar-refractivity contribution >= 4 is 15.9 Å². The van der Waals surface area contributed by atoms with Gasteiger partial charge in [0.15, 0.2) is 11.6 Å². The quantitative estimate of drug-likeness (QED) is 0.711. The van der Waals surface area contributed by atoms with Gasteiger partial charge < -0.3 is 4.74 Å². The molecule has 0 N–H and O–H groups in total. The van der Waals surface area contributed by atoms with E-state index in [4.69, 9.17) is 4.74 Å². The van der Waals surface area contributed by atoms with E-state index in [0.29, 0.717) is 17.7 Å². The summed E-state index contributed by atoms with van der Waals surface area (Å²) in [7, 11) is 1.49. The van der Waals surface area contributed by atoms with E-state index in [9.17, 15) is 4.39 Å². The van der Waals surface area contributed by atoms with Crippen molar-refractivity contribution in [3.63, 3.8) is 0 Å². The summed E-state index contributed by atoms with van der Waals surface area (Å²) in [6, 6.07) is 15.4. The first-order chi connectivity index (χ1) is 9.22. The van der Waals surface area contributed by atoms with E-state index in [-0.39, 0.29) is 10.6 Å². The van der Waals surface area contributed by atoms with Gasteiger partial charge in [-0.2, -0.15) is 0 Å². The standard InChI is InChI=1S/C16H16BrFO/c1-19-15-9-5-8-13(16(15)18)10-11-14(17)12-6-3-2-4-7-12/h2-9,14H,10-11H2,1H3. The topological polar surface area (TPSA) is 9.23 Å². The van der Waals surface area contributed by atoms with Crippen molar-refractivity contribution in [3.05, 3.63) is 65.5 Å². The Balaban J connectivity index is 2.03. The van der Waals surface area contributed by atoms with Crippen LogP contribution in [0.4, 0.5) is 4.39 Å². The second kappa shape index (κ2) is 6.71. The predicted octanol–water partition coefficient (Wildman–Crippen LogP) is 4.90. The third-order valence-electron chi connectivity index (χ3n) is 3.09. The fourth-order valence-corrected chi connectivity index (χ4v) is 2.55. The number of aryl methyl sites for hydroxylation is 1. The highest BCUT2D eigenvalue weighted by molar-refractivity contribution is 9.09. The molecule has 0 aliphatic carbocycles. The van der Waals surface area contributed by atoms with Crippen LogP contribution in [0.1, 0.15) is 22.4 Å². The number of ether oxygens (including phenoxy) is 1. The van der Waals surface area contributed by atoms with Crippen molar-refractivity contribution in [3.8, 4) is 5.75 Å². The zero-order valence-electron chi connectivity index (χ0n) is 10.8. The predicted molar refractivity (Wildman–Crippen MR) is 79.4 cm³/mol. The molecule has 0 saturated carbocycles.